The molecule has 0 atom stereocenters. The topological polar surface area (TPSA) is 65.2 Å². The van der Waals surface area contributed by atoms with Gasteiger partial charge in [0.25, 0.3) is 0 Å². The number of ether oxygens (including phenoxy) is 1. The van der Waals surface area contributed by atoms with Gasteiger partial charge in [-0.3, -0.25) is 4.79 Å². The Hall–Kier alpha value is -1.39. The van der Waals surface area contributed by atoms with Crippen molar-refractivity contribution in [1.29, 1.82) is 0 Å². The van der Waals surface area contributed by atoms with Crippen molar-refractivity contribution in [3.05, 3.63) is 11.7 Å². The molecule has 0 spiro atoms. The summed E-state index contributed by atoms with van der Waals surface area (Å²) >= 11 is 0. The minimum atomic E-state index is -0.641. The maximum Gasteiger partial charge on any atom is 0.321 e. The molecule has 1 aromatic heterocycles. The number of aromatic nitrogens is 2. The average Bonchev–Trinajstić information content (AvgIpc) is 2.95. The summed E-state index contributed by atoms with van der Waals surface area (Å²) < 4.78 is 10.2. The lowest BCUT2D eigenvalue weighted by atomic mass is 10.1. The van der Waals surface area contributed by atoms with E-state index in [-0.39, 0.29) is 5.97 Å². The smallest absolute Gasteiger partial charge is 0.321 e. The van der Waals surface area contributed by atoms with Crippen LogP contribution in [-0.2, 0) is 21.4 Å². The van der Waals surface area contributed by atoms with E-state index >= 15 is 0 Å². The third-order valence-corrected chi connectivity index (χ3v) is 2.88. The summed E-state index contributed by atoms with van der Waals surface area (Å²) in [6.07, 6.45) is 2.26. The molecule has 94 valence electrons. The molecule has 17 heavy (non-hydrogen) atoms. The molecule has 1 aliphatic carbocycles. The van der Waals surface area contributed by atoms with E-state index in [2.05, 4.69) is 24.0 Å². The molecule has 0 radical (unpaired) electrons. The van der Waals surface area contributed by atoms with Gasteiger partial charge in [-0.05, 0) is 25.7 Å². The molecule has 0 aromatic carbocycles. The fourth-order valence-electron chi connectivity index (χ4n) is 1.80. The number of rotatable bonds is 5. The molecule has 1 fully saturated rings. The zero-order chi connectivity index (χ0) is 12.5. The van der Waals surface area contributed by atoms with Crippen LogP contribution in [0, 0.1) is 5.92 Å². The van der Waals surface area contributed by atoms with Crippen molar-refractivity contribution in [2.24, 2.45) is 5.92 Å². The Kier molecular flexibility index (Phi) is 3.17. The van der Waals surface area contributed by atoms with E-state index in [0.29, 0.717) is 24.2 Å². The third kappa shape index (κ3) is 2.33. The van der Waals surface area contributed by atoms with Crippen LogP contribution >= 0.6 is 0 Å². The molecule has 0 N–H and O–H groups in total. The van der Waals surface area contributed by atoms with Gasteiger partial charge < -0.3 is 9.26 Å². The van der Waals surface area contributed by atoms with Crippen molar-refractivity contribution in [3.8, 4) is 0 Å². The minimum absolute atomic E-state index is 0.236. The summed E-state index contributed by atoms with van der Waals surface area (Å²) in [4.78, 5) is 16.1. The maximum atomic E-state index is 11.8. The SMILES string of the molecule is CCOC(=O)C1(c2nc(CC(C)C)no2)CC1. The van der Waals surface area contributed by atoms with Gasteiger partial charge in [-0.15, -0.1) is 0 Å². The normalized spacial score (nSPS) is 17.2. The van der Waals surface area contributed by atoms with Crippen LogP contribution in [0.3, 0.4) is 0 Å². The number of esters is 1. The molecule has 2 rings (SSSR count). The van der Waals surface area contributed by atoms with Crippen LogP contribution in [0.5, 0.6) is 0 Å². The van der Waals surface area contributed by atoms with Crippen molar-refractivity contribution in [2.75, 3.05) is 6.61 Å². The fraction of sp³-hybridized carbons (Fsp3) is 0.750. The molecule has 5 heteroatoms. The van der Waals surface area contributed by atoms with Crippen LogP contribution in [0.15, 0.2) is 4.52 Å². The zero-order valence-electron chi connectivity index (χ0n) is 10.5. The quantitative estimate of drug-likeness (QED) is 0.732. The predicted octanol–water partition coefficient (Wildman–Crippen LogP) is 1.86. The number of carbonyl (C=O) groups excluding carboxylic acids is 1. The largest absolute Gasteiger partial charge is 0.465 e. The summed E-state index contributed by atoms with van der Waals surface area (Å²) in [6, 6.07) is 0. The number of carbonyl (C=O) groups is 1. The number of hydrogen-bond acceptors (Lipinski definition) is 5. The highest BCUT2D eigenvalue weighted by Gasteiger charge is 2.57. The van der Waals surface area contributed by atoms with Crippen molar-refractivity contribution in [2.45, 2.75) is 45.4 Å². The van der Waals surface area contributed by atoms with Crippen LogP contribution in [-0.4, -0.2) is 22.7 Å². The first-order valence-corrected chi connectivity index (χ1v) is 6.09. The first-order chi connectivity index (χ1) is 8.08. The molecule has 0 saturated heterocycles. The van der Waals surface area contributed by atoms with Crippen LogP contribution in [0.1, 0.15) is 45.3 Å². The van der Waals surface area contributed by atoms with Crippen molar-refractivity contribution in [3.63, 3.8) is 0 Å². The lowest BCUT2D eigenvalue weighted by Crippen LogP contribution is -2.23. The second kappa shape index (κ2) is 4.47. The van der Waals surface area contributed by atoms with E-state index < -0.39 is 5.41 Å². The average molecular weight is 238 g/mol. The van der Waals surface area contributed by atoms with E-state index in [4.69, 9.17) is 9.26 Å². The Morgan fingerprint density at radius 3 is 2.76 bits per heavy atom. The van der Waals surface area contributed by atoms with Gasteiger partial charge in [0.15, 0.2) is 5.82 Å². The maximum absolute atomic E-state index is 11.8. The summed E-state index contributed by atoms with van der Waals surface area (Å²) in [6.45, 7) is 6.36. The Labute approximate surface area is 101 Å². The van der Waals surface area contributed by atoms with Crippen LogP contribution in [0.25, 0.3) is 0 Å². The Morgan fingerprint density at radius 1 is 1.53 bits per heavy atom. The highest BCUT2D eigenvalue weighted by molar-refractivity contribution is 5.85. The van der Waals surface area contributed by atoms with Crippen LogP contribution in [0.4, 0.5) is 0 Å². The standard InChI is InChI=1S/C12H18N2O3/c1-4-16-11(15)12(5-6-12)10-13-9(14-17-10)7-8(2)3/h8H,4-7H2,1-3H3. The molecular formula is C12H18N2O3. The van der Waals surface area contributed by atoms with E-state index in [1.165, 1.54) is 0 Å². The van der Waals surface area contributed by atoms with Gasteiger partial charge >= 0.3 is 5.97 Å². The molecule has 5 nitrogen and oxygen atoms in total. The predicted molar refractivity (Wildman–Crippen MR) is 60.4 cm³/mol. The van der Waals surface area contributed by atoms with Crippen molar-refractivity contribution >= 4 is 5.97 Å². The third-order valence-electron chi connectivity index (χ3n) is 2.88. The summed E-state index contributed by atoms with van der Waals surface area (Å²) in [5, 5.41) is 3.91. The molecule has 0 amide bonds. The van der Waals surface area contributed by atoms with Crippen molar-refractivity contribution in [1.82, 2.24) is 10.1 Å². The van der Waals surface area contributed by atoms with Gasteiger partial charge in [-0.2, -0.15) is 4.98 Å². The second-order valence-corrected chi connectivity index (χ2v) is 4.92. The fourth-order valence-corrected chi connectivity index (χ4v) is 1.80. The molecule has 1 aromatic rings. The number of hydrogen-bond donors (Lipinski definition) is 0. The van der Waals surface area contributed by atoms with E-state index in [1.807, 2.05) is 0 Å². The van der Waals surface area contributed by atoms with E-state index in [1.54, 1.807) is 6.92 Å². The minimum Gasteiger partial charge on any atom is -0.465 e. The molecule has 1 saturated carbocycles. The molecule has 1 aliphatic rings. The van der Waals surface area contributed by atoms with Gasteiger partial charge in [-0.25, -0.2) is 0 Å². The molecule has 0 bridgehead atoms. The number of nitrogens with zero attached hydrogens (tertiary/aromatic N) is 2. The van der Waals surface area contributed by atoms with Crippen molar-refractivity contribution < 1.29 is 14.1 Å². The molecular weight excluding hydrogens is 220 g/mol. The summed E-state index contributed by atoms with van der Waals surface area (Å²) in [5.41, 5.74) is -0.641. The van der Waals surface area contributed by atoms with Gasteiger partial charge in [0.1, 0.15) is 5.41 Å². The Balaban J connectivity index is 2.12. The highest BCUT2D eigenvalue weighted by Crippen LogP contribution is 2.48. The molecule has 1 heterocycles. The zero-order valence-corrected chi connectivity index (χ0v) is 10.5. The van der Waals surface area contributed by atoms with E-state index in [0.717, 1.165) is 19.3 Å². The molecule has 0 unspecified atom stereocenters. The first-order valence-electron chi connectivity index (χ1n) is 6.09. The molecule has 0 aliphatic heterocycles. The summed E-state index contributed by atoms with van der Waals surface area (Å²) in [7, 11) is 0. The van der Waals surface area contributed by atoms with Crippen LogP contribution < -0.4 is 0 Å². The van der Waals surface area contributed by atoms with Gasteiger partial charge in [0.05, 0.1) is 6.61 Å². The summed E-state index contributed by atoms with van der Waals surface area (Å²) in [5.74, 6) is 1.33. The van der Waals surface area contributed by atoms with Crippen LogP contribution in [0.2, 0.25) is 0 Å². The van der Waals surface area contributed by atoms with Gasteiger partial charge in [0, 0.05) is 6.42 Å². The van der Waals surface area contributed by atoms with Gasteiger partial charge in [-0.1, -0.05) is 19.0 Å². The van der Waals surface area contributed by atoms with Gasteiger partial charge in [0.2, 0.25) is 5.89 Å². The Bertz CT molecular complexity index is 408. The lowest BCUT2D eigenvalue weighted by molar-refractivity contribution is -0.146. The second-order valence-electron chi connectivity index (χ2n) is 4.92. The Morgan fingerprint density at radius 2 is 2.24 bits per heavy atom. The highest BCUT2D eigenvalue weighted by atomic mass is 16.5. The first kappa shape index (κ1) is 12.1. The lowest BCUT2D eigenvalue weighted by Gasteiger charge is -2.08. The van der Waals surface area contributed by atoms with E-state index in [9.17, 15) is 4.79 Å². The monoisotopic (exact) mass is 238 g/mol.